The molecular weight excluding hydrogens is 192 g/mol. The molecule has 0 spiro atoms. The Kier molecular flexibility index (Phi) is 1.98. The molecule has 1 aliphatic rings. The molecule has 0 N–H and O–H groups in total. The van der Waals surface area contributed by atoms with E-state index in [1.807, 2.05) is 6.92 Å². The van der Waals surface area contributed by atoms with Crippen molar-refractivity contribution in [2.24, 2.45) is 4.99 Å². The second-order valence-electron chi connectivity index (χ2n) is 2.34. The van der Waals surface area contributed by atoms with E-state index in [2.05, 4.69) is 9.98 Å². The zero-order valence-electron chi connectivity index (χ0n) is 6.40. The normalized spacial score (nSPS) is 16.8. The van der Waals surface area contributed by atoms with Crippen LogP contribution < -0.4 is 0 Å². The van der Waals surface area contributed by atoms with E-state index in [9.17, 15) is 4.79 Å². The quantitative estimate of drug-likeness (QED) is 0.686. The van der Waals surface area contributed by atoms with E-state index in [1.54, 1.807) is 17.5 Å². The smallest absolute Gasteiger partial charge is 0.257 e. The number of amides is 1. The van der Waals surface area contributed by atoms with Crippen LogP contribution in [0.25, 0.3) is 0 Å². The maximum Gasteiger partial charge on any atom is 0.257 e. The van der Waals surface area contributed by atoms with Gasteiger partial charge < -0.3 is 0 Å². The molecular formula is C7H6N2OS2. The van der Waals surface area contributed by atoms with E-state index < -0.39 is 0 Å². The molecule has 1 amide bonds. The van der Waals surface area contributed by atoms with Gasteiger partial charge in [-0.3, -0.25) is 4.79 Å². The minimum Gasteiger partial charge on any atom is -0.272 e. The van der Waals surface area contributed by atoms with Crippen molar-refractivity contribution < 1.29 is 4.79 Å². The molecule has 0 aromatic carbocycles. The van der Waals surface area contributed by atoms with Crippen LogP contribution >= 0.6 is 23.1 Å². The fourth-order valence-corrected chi connectivity index (χ4v) is 2.54. The van der Waals surface area contributed by atoms with E-state index in [4.69, 9.17) is 0 Å². The predicted molar refractivity (Wildman–Crippen MR) is 50.9 cm³/mol. The van der Waals surface area contributed by atoms with Gasteiger partial charge in [-0.1, -0.05) is 11.8 Å². The molecule has 5 heteroatoms. The Balaban J connectivity index is 2.32. The summed E-state index contributed by atoms with van der Waals surface area (Å²) < 4.78 is 0. The third-order valence-electron chi connectivity index (χ3n) is 1.39. The first kappa shape index (κ1) is 7.94. The Morgan fingerprint density at radius 1 is 1.58 bits per heavy atom. The van der Waals surface area contributed by atoms with Gasteiger partial charge in [0.1, 0.15) is 5.04 Å². The van der Waals surface area contributed by atoms with Crippen molar-refractivity contribution in [3.63, 3.8) is 0 Å². The van der Waals surface area contributed by atoms with Crippen molar-refractivity contribution in [2.45, 2.75) is 6.92 Å². The predicted octanol–water partition coefficient (Wildman–Crippen LogP) is 1.47. The average molecular weight is 198 g/mol. The highest BCUT2D eigenvalue weighted by atomic mass is 32.2. The van der Waals surface area contributed by atoms with Crippen LogP contribution in [0.15, 0.2) is 11.2 Å². The molecule has 12 heavy (non-hydrogen) atoms. The standard InChI is InChI=1S/C7H6N2OS2/c1-4-8-2-5(12-4)7-9-6(10)3-11-7/h2H,3H2,1H3. The van der Waals surface area contributed by atoms with Crippen molar-refractivity contribution in [1.29, 1.82) is 0 Å². The first-order valence-electron chi connectivity index (χ1n) is 3.43. The van der Waals surface area contributed by atoms with Crippen LogP contribution in [-0.2, 0) is 4.79 Å². The fraction of sp³-hybridized carbons (Fsp3) is 0.286. The van der Waals surface area contributed by atoms with Crippen molar-refractivity contribution in [3.05, 3.63) is 16.1 Å². The number of aromatic nitrogens is 1. The molecule has 1 aromatic heterocycles. The fourth-order valence-electron chi connectivity index (χ4n) is 0.894. The van der Waals surface area contributed by atoms with Gasteiger partial charge in [0, 0.05) is 6.20 Å². The van der Waals surface area contributed by atoms with Crippen molar-refractivity contribution >= 4 is 34.0 Å². The number of thiazole rings is 1. The molecule has 2 heterocycles. The van der Waals surface area contributed by atoms with Crippen LogP contribution in [0.3, 0.4) is 0 Å². The number of aryl methyl sites for hydroxylation is 1. The van der Waals surface area contributed by atoms with Gasteiger partial charge in [0.15, 0.2) is 0 Å². The van der Waals surface area contributed by atoms with Gasteiger partial charge in [0.2, 0.25) is 0 Å². The average Bonchev–Trinajstić information content (AvgIpc) is 2.58. The molecule has 62 valence electrons. The van der Waals surface area contributed by atoms with Gasteiger partial charge in [-0.15, -0.1) is 11.3 Å². The van der Waals surface area contributed by atoms with Gasteiger partial charge in [0.05, 0.1) is 15.6 Å². The molecule has 0 aliphatic carbocycles. The largest absolute Gasteiger partial charge is 0.272 e. The molecule has 0 atom stereocenters. The zero-order valence-corrected chi connectivity index (χ0v) is 8.04. The lowest BCUT2D eigenvalue weighted by Crippen LogP contribution is -1.86. The van der Waals surface area contributed by atoms with E-state index in [1.165, 1.54) is 11.8 Å². The van der Waals surface area contributed by atoms with Gasteiger partial charge in [-0.25, -0.2) is 9.98 Å². The summed E-state index contributed by atoms with van der Waals surface area (Å²) in [5.41, 5.74) is 0. The molecule has 0 fully saturated rings. The summed E-state index contributed by atoms with van der Waals surface area (Å²) in [6.07, 6.45) is 1.77. The van der Waals surface area contributed by atoms with E-state index >= 15 is 0 Å². The lowest BCUT2D eigenvalue weighted by Gasteiger charge is -1.88. The molecule has 1 aromatic rings. The summed E-state index contributed by atoms with van der Waals surface area (Å²) in [6, 6.07) is 0. The van der Waals surface area contributed by atoms with Crippen LogP contribution in [0.2, 0.25) is 0 Å². The van der Waals surface area contributed by atoms with Gasteiger partial charge in [-0.05, 0) is 6.92 Å². The lowest BCUT2D eigenvalue weighted by atomic mass is 10.6. The Bertz CT molecular complexity index is 356. The first-order chi connectivity index (χ1) is 5.75. The van der Waals surface area contributed by atoms with Crippen molar-refractivity contribution in [2.75, 3.05) is 5.75 Å². The number of thioether (sulfide) groups is 1. The summed E-state index contributed by atoms with van der Waals surface area (Å²) >= 11 is 3.06. The lowest BCUT2D eigenvalue weighted by molar-refractivity contribution is -0.115. The molecule has 3 nitrogen and oxygen atoms in total. The molecule has 0 saturated carbocycles. The Morgan fingerprint density at radius 3 is 2.92 bits per heavy atom. The first-order valence-corrected chi connectivity index (χ1v) is 5.23. The SMILES string of the molecule is Cc1ncc(C2=NC(=O)CS2)s1. The zero-order chi connectivity index (χ0) is 8.55. The molecule has 0 unspecified atom stereocenters. The number of carbonyl (C=O) groups is 1. The van der Waals surface area contributed by atoms with Gasteiger partial charge in [0.25, 0.3) is 5.91 Å². The van der Waals surface area contributed by atoms with Gasteiger partial charge >= 0.3 is 0 Å². The third-order valence-corrected chi connectivity index (χ3v) is 3.42. The molecule has 0 radical (unpaired) electrons. The van der Waals surface area contributed by atoms with Crippen LogP contribution in [0.5, 0.6) is 0 Å². The van der Waals surface area contributed by atoms with E-state index in [0.29, 0.717) is 5.75 Å². The maximum absolute atomic E-state index is 10.8. The van der Waals surface area contributed by atoms with Crippen LogP contribution in [0, 0.1) is 6.92 Å². The monoisotopic (exact) mass is 198 g/mol. The topological polar surface area (TPSA) is 42.3 Å². The number of hydrogen-bond acceptors (Lipinski definition) is 4. The Hall–Kier alpha value is -0.680. The highest BCUT2D eigenvalue weighted by molar-refractivity contribution is 8.15. The number of carbonyl (C=O) groups excluding carboxylic acids is 1. The highest BCUT2D eigenvalue weighted by Gasteiger charge is 2.17. The summed E-state index contributed by atoms with van der Waals surface area (Å²) in [5, 5.41) is 1.83. The summed E-state index contributed by atoms with van der Waals surface area (Å²) in [5.74, 6) is 0.438. The van der Waals surface area contributed by atoms with Crippen molar-refractivity contribution in [3.8, 4) is 0 Å². The maximum atomic E-state index is 10.8. The third kappa shape index (κ3) is 1.42. The van der Waals surface area contributed by atoms with E-state index in [0.717, 1.165) is 14.9 Å². The molecule has 1 aliphatic heterocycles. The molecule has 0 saturated heterocycles. The Morgan fingerprint density at radius 2 is 2.42 bits per heavy atom. The summed E-state index contributed by atoms with van der Waals surface area (Å²) in [7, 11) is 0. The minimum atomic E-state index is -0.0407. The van der Waals surface area contributed by atoms with Gasteiger partial charge in [-0.2, -0.15) is 0 Å². The minimum absolute atomic E-state index is 0.0407. The second kappa shape index (κ2) is 2.99. The Labute approximate surface area is 77.9 Å². The molecule has 2 rings (SSSR count). The number of aliphatic imine (C=N–C) groups is 1. The second-order valence-corrected chi connectivity index (χ2v) is 4.54. The molecule has 0 bridgehead atoms. The number of nitrogens with zero attached hydrogens (tertiary/aromatic N) is 2. The summed E-state index contributed by atoms with van der Waals surface area (Å²) in [4.78, 5) is 19.8. The van der Waals surface area contributed by atoms with Crippen LogP contribution in [0.4, 0.5) is 0 Å². The number of hydrogen-bond donors (Lipinski definition) is 0. The summed E-state index contributed by atoms with van der Waals surface area (Å²) in [6.45, 7) is 1.94. The van der Waals surface area contributed by atoms with E-state index in [-0.39, 0.29) is 5.91 Å². The number of rotatable bonds is 1. The van der Waals surface area contributed by atoms with Crippen molar-refractivity contribution in [1.82, 2.24) is 4.98 Å². The van der Waals surface area contributed by atoms with Crippen LogP contribution in [-0.4, -0.2) is 21.7 Å². The highest BCUT2D eigenvalue weighted by Crippen LogP contribution is 2.23. The van der Waals surface area contributed by atoms with Crippen LogP contribution in [0.1, 0.15) is 9.88 Å².